The lowest BCUT2D eigenvalue weighted by atomic mass is 10.1. The molecule has 2 N–H and O–H groups in total. The van der Waals surface area contributed by atoms with Crippen molar-refractivity contribution in [3.05, 3.63) is 99.3 Å². The van der Waals surface area contributed by atoms with E-state index in [4.69, 9.17) is 27.1 Å². The van der Waals surface area contributed by atoms with Crippen LogP contribution < -0.4 is 25.8 Å². The highest BCUT2D eigenvalue weighted by atomic mass is 35.5. The summed E-state index contributed by atoms with van der Waals surface area (Å²) < 4.78 is 6.87. The van der Waals surface area contributed by atoms with Crippen molar-refractivity contribution in [2.24, 2.45) is 0 Å². The highest BCUT2D eigenvalue weighted by Gasteiger charge is 2.39. The summed E-state index contributed by atoms with van der Waals surface area (Å²) >= 11 is 6.51. The fourth-order valence-electron chi connectivity index (χ4n) is 6.19. The Hall–Kier alpha value is -5.23. The number of nitrogen functional groups attached to an aromatic ring is 1. The van der Waals surface area contributed by atoms with Gasteiger partial charge in [0.25, 0.3) is 11.5 Å². The number of carbonyl (C=O) groups excluding carboxylic acids is 1. The van der Waals surface area contributed by atoms with Gasteiger partial charge in [-0.15, -0.1) is 0 Å². The molecule has 0 bridgehead atoms. The number of fused-ring (bicyclic) bond motifs is 2. The molecule has 1 saturated heterocycles. The third kappa shape index (κ3) is 4.96. The zero-order valence-corrected chi connectivity index (χ0v) is 25.5. The van der Waals surface area contributed by atoms with Gasteiger partial charge < -0.3 is 25.2 Å². The van der Waals surface area contributed by atoms with E-state index in [0.717, 1.165) is 17.7 Å². The van der Waals surface area contributed by atoms with Crippen molar-refractivity contribution < 1.29 is 9.53 Å². The first-order valence-electron chi connectivity index (χ1n) is 14.5. The monoisotopic (exact) mass is 623 g/mol. The molecule has 2 aromatic carbocycles. The number of rotatable bonds is 6. The molecular weight excluding hydrogens is 594 g/mol. The minimum atomic E-state index is -0.408. The lowest BCUT2D eigenvalue weighted by Crippen LogP contribution is -2.46. The number of pyridine rings is 1. The maximum atomic E-state index is 14.1. The number of benzene rings is 2. The number of methoxy groups -OCH3 is 1. The lowest BCUT2D eigenvalue weighted by Gasteiger charge is -2.38. The molecule has 0 aliphatic carbocycles. The number of carbonyl (C=O) groups is 1. The number of nitrogens with zero attached hydrogens (tertiary/aromatic N) is 8. The molecule has 5 aromatic rings. The summed E-state index contributed by atoms with van der Waals surface area (Å²) in [4.78, 5) is 52.0. The Morgan fingerprint density at radius 3 is 2.58 bits per heavy atom. The molecule has 5 heterocycles. The number of amides is 1. The van der Waals surface area contributed by atoms with Crippen LogP contribution in [0.3, 0.4) is 0 Å². The van der Waals surface area contributed by atoms with Crippen molar-refractivity contribution >= 4 is 46.0 Å². The van der Waals surface area contributed by atoms with E-state index in [-0.39, 0.29) is 17.4 Å². The summed E-state index contributed by atoms with van der Waals surface area (Å²) in [6.07, 6.45) is 4.71. The van der Waals surface area contributed by atoms with Gasteiger partial charge in [0.15, 0.2) is 5.82 Å². The summed E-state index contributed by atoms with van der Waals surface area (Å²) in [5, 5.41) is 0.645. The average Bonchev–Trinajstić information content (AvgIpc) is 3.54. The van der Waals surface area contributed by atoms with Gasteiger partial charge in [0.05, 0.1) is 47.6 Å². The highest BCUT2D eigenvalue weighted by Crippen LogP contribution is 2.41. The molecule has 12 nitrogen and oxygen atoms in total. The predicted octanol–water partition coefficient (Wildman–Crippen LogP) is 4.21. The topological polar surface area (TPSA) is 136 Å². The van der Waals surface area contributed by atoms with E-state index >= 15 is 0 Å². The molecule has 13 heteroatoms. The second kappa shape index (κ2) is 11.4. The molecule has 0 radical (unpaired) electrons. The van der Waals surface area contributed by atoms with E-state index in [1.54, 1.807) is 60.3 Å². The van der Waals surface area contributed by atoms with Crippen molar-refractivity contribution in [3.8, 4) is 11.4 Å². The van der Waals surface area contributed by atoms with Gasteiger partial charge in [0.1, 0.15) is 23.0 Å². The van der Waals surface area contributed by atoms with Gasteiger partial charge in [-0.2, -0.15) is 9.97 Å². The number of hydrogen-bond acceptors (Lipinski definition) is 10. The van der Waals surface area contributed by atoms with Gasteiger partial charge in [-0.05, 0) is 54.8 Å². The Bertz CT molecular complexity index is 1990. The Balaban J connectivity index is 1.37. The van der Waals surface area contributed by atoms with Crippen LogP contribution in [0, 0.1) is 0 Å². The first-order chi connectivity index (χ1) is 21.8. The number of ether oxygens (including phenoxy) is 1. The Morgan fingerprint density at radius 1 is 1.02 bits per heavy atom. The fourth-order valence-corrected chi connectivity index (χ4v) is 6.44. The first-order valence-corrected chi connectivity index (χ1v) is 14.9. The summed E-state index contributed by atoms with van der Waals surface area (Å²) in [6, 6.07) is 16.1. The molecular formula is C32H30ClN9O3. The smallest absolute Gasteiger partial charge is 0.267 e. The highest BCUT2D eigenvalue weighted by molar-refractivity contribution is 6.35. The number of aromatic nitrogens is 5. The van der Waals surface area contributed by atoms with E-state index in [9.17, 15) is 9.59 Å². The molecule has 3 aromatic heterocycles. The predicted molar refractivity (Wildman–Crippen MR) is 172 cm³/mol. The maximum absolute atomic E-state index is 14.1. The first kappa shape index (κ1) is 28.5. The van der Waals surface area contributed by atoms with Crippen LogP contribution in [0.5, 0.6) is 5.75 Å². The molecule has 2 aliphatic rings. The Morgan fingerprint density at radius 2 is 1.82 bits per heavy atom. The van der Waals surface area contributed by atoms with E-state index < -0.39 is 6.04 Å². The second-order valence-corrected chi connectivity index (χ2v) is 11.5. The quantitative estimate of drug-likeness (QED) is 0.293. The molecule has 45 heavy (non-hydrogen) atoms. The Labute approximate surface area is 263 Å². The van der Waals surface area contributed by atoms with Crippen molar-refractivity contribution in [3.63, 3.8) is 0 Å². The summed E-state index contributed by atoms with van der Waals surface area (Å²) in [5.74, 6) is 1.97. The van der Waals surface area contributed by atoms with Crippen molar-refractivity contribution in [1.29, 1.82) is 0 Å². The fraction of sp³-hybridized carbons (Fsp3) is 0.250. The minimum absolute atomic E-state index is 0.0504. The maximum Gasteiger partial charge on any atom is 0.267 e. The number of halogens is 1. The second-order valence-electron chi connectivity index (χ2n) is 11.1. The van der Waals surface area contributed by atoms with E-state index in [0.29, 0.717) is 70.8 Å². The molecule has 1 amide bonds. The molecule has 0 saturated carbocycles. The van der Waals surface area contributed by atoms with E-state index in [2.05, 4.69) is 15.0 Å². The molecule has 228 valence electrons. The third-order valence-corrected chi connectivity index (χ3v) is 8.58. The zero-order chi connectivity index (χ0) is 31.2. The van der Waals surface area contributed by atoms with Crippen molar-refractivity contribution in [2.45, 2.75) is 25.4 Å². The molecule has 7 rings (SSSR count). The SMILES string of the molecule is COc1ccc(CN2CN(C)C(=O)c3c2nc(N)nc3N2CCC[C@H]2c2nc3cccc(Cl)c3c(=O)n2-c2cccnc2)cc1. The third-order valence-electron chi connectivity index (χ3n) is 8.26. The lowest BCUT2D eigenvalue weighted by molar-refractivity contribution is 0.0780. The van der Waals surface area contributed by atoms with Crippen LogP contribution in [0.4, 0.5) is 17.6 Å². The van der Waals surface area contributed by atoms with Crippen molar-refractivity contribution in [2.75, 3.05) is 42.9 Å². The molecule has 0 spiro atoms. The van der Waals surface area contributed by atoms with Crippen LogP contribution in [-0.4, -0.2) is 62.7 Å². The van der Waals surface area contributed by atoms with Gasteiger partial charge in [0, 0.05) is 26.3 Å². The number of nitrogens with two attached hydrogens (primary N) is 1. The molecule has 2 aliphatic heterocycles. The van der Waals surface area contributed by atoms with E-state index in [1.807, 2.05) is 40.1 Å². The molecule has 1 fully saturated rings. The van der Waals surface area contributed by atoms with Gasteiger partial charge in [-0.25, -0.2) is 4.98 Å². The number of anilines is 3. The van der Waals surface area contributed by atoms with Crippen LogP contribution in [0.1, 0.15) is 40.6 Å². The summed E-state index contributed by atoms with van der Waals surface area (Å²) in [7, 11) is 3.38. The van der Waals surface area contributed by atoms with E-state index in [1.165, 1.54) is 0 Å². The summed E-state index contributed by atoms with van der Waals surface area (Å²) in [6.45, 7) is 1.38. The average molecular weight is 624 g/mol. The van der Waals surface area contributed by atoms with Crippen LogP contribution >= 0.6 is 11.6 Å². The van der Waals surface area contributed by atoms with Gasteiger partial charge in [0.2, 0.25) is 5.95 Å². The Kier molecular flexibility index (Phi) is 7.20. The normalized spacial score (nSPS) is 16.4. The minimum Gasteiger partial charge on any atom is -0.497 e. The zero-order valence-electron chi connectivity index (χ0n) is 24.7. The molecule has 1 atom stereocenters. The largest absolute Gasteiger partial charge is 0.497 e. The van der Waals surface area contributed by atoms with Gasteiger partial charge in [-0.1, -0.05) is 29.8 Å². The van der Waals surface area contributed by atoms with Crippen LogP contribution in [0.25, 0.3) is 16.6 Å². The molecule has 0 unspecified atom stereocenters. The van der Waals surface area contributed by atoms with Crippen LogP contribution in [0.2, 0.25) is 5.02 Å². The van der Waals surface area contributed by atoms with Crippen LogP contribution in [0.15, 0.2) is 71.8 Å². The van der Waals surface area contributed by atoms with Gasteiger partial charge in [-0.3, -0.25) is 19.1 Å². The van der Waals surface area contributed by atoms with Gasteiger partial charge >= 0.3 is 0 Å². The standard InChI is InChI=1S/C32H30ClN9O3/c1-39-18-40(17-19-10-12-21(45-2)13-11-19)28-26(30(39)43)29(38-32(34)37-28)41-15-5-9-24(41)27-36-23-8-3-7-22(33)25(23)31(44)42(27)20-6-4-14-35-16-20/h3-4,6-8,10-14,16,24H,5,9,15,17-18H2,1-2H3,(H2,34,37,38)/t24-/m0/s1. The number of hydrogen-bond donors (Lipinski definition) is 1. The summed E-state index contributed by atoms with van der Waals surface area (Å²) in [5.41, 5.74) is 8.45. The van der Waals surface area contributed by atoms with Crippen LogP contribution in [-0.2, 0) is 6.54 Å². The van der Waals surface area contributed by atoms with Crippen molar-refractivity contribution in [1.82, 2.24) is 29.4 Å².